The van der Waals surface area contributed by atoms with Gasteiger partial charge in [-0.05, 0) is 12.3 Å². The van der Waals surface area contributed by atoms with Crippen LogP contribution in [0.1, 0.15) is 20.3 Å². The normalized spacial score (nSPS) is 15.0. The number of ether oxygens (including phenoxy) is 4. The Kier molecular flexibility index (Phi) is 7.21. The number of methoxy groups -OCH3 is 1. The van der Waals surface area contributed by atoms with E-state index in [-0.39, 0.29) is 18.3 Å². The summed E-state index contributed by atoms with van der Waals surface area (Å²) >= 11 is 0. The minimum Gasteiger partial charge on any atom is -0.493 e. The smallest absolute Gasteiger partial charge is 0.377 e. The summed E-state index contributed by atoms with van der Waals surface area (Å²) in [6.45, 7) is 3.90. The fourth-order valence-electron chi connectivity index (χ4n) is 1.74. The van der Waals surface area contributed by atoms with Gasteiger partial charge in [0.1, 0.15) is 25.5 Å². The number of hydrogen-bond donors (Lipinski definition) is 1. The van der Waals surface area contributed by atoms with E-state index in [1.54, 1.807) is 0 Å². The summed E-state index contributed by atoms with van der Waals surface area (Å²) in [5.41, 5.74) is 0. The van der Waals surface area contributed by atoms with Gasteiger partial charge in [-0.3, -0.25) is 4.79 Å². The third-order valence-corrected chi connectivity index (χ3v) is 2.71. The highest BCUT2D eigenvalue weighted by Gasteiger charge is 2.24. The summed E-state index contributed by atoms with van der Waals surface area (Å²) in [7, 11) is 1.24. The second-order valence-corrected chi connectivity index (χ2v) is 5.05. The minimum absolute atomic E-state index is 0.0919. The van der Waals surface area contributed by atoms with Crippen LogP contribution < -0.4 is 5.32 Å². The zero-order valence-corrected chi connectivity index (χ0v) is 12.9. The molecule has 0 aromatic carbocycles. The number of esters is 2. The molecule has 0 radical (unpaired) electrons. The Morgan fingerprint density at radius 3 is 2.59 bits per heavy atom. The van der Waals surface area contributed by atoms with Crippen LogP contribution in [0, 0.1) is 5.92 Å². The summed E-state index contributed by atoms with van der Waals surface area (Å²) in [6, 6.07) is -0.773. The van der Waals surface area contributed by atoms with Crippen molar-refractivity contribution in [2.45, 2.75) is 26.3 Å². The van der Waals surface area contributed by atoms with Crippen molar-refractivity contribution in [1.82, 2.24) is 5.32 Å². The van der Waals surface area contributed by atoms with Gasteiger partial charge in [-0.25, -0.2) is 9.59 Å². The molecule has 8 heteroatoms. The van der Waals surface area contributed by atoms with Gasteiger partial charge in [0.15, 0.2) is 6.61 Å². The first-order chi connectivity index (χ1) is 10.4. The summed E-state index contributed by atoms with van der Waals surface area (Å²) in [5, 5.41) is 2.48. The molecule has 0 aliphatic carbocycles. The van der Waals surface area contributed by atoms with Crippen LogP contribution in [-0.4, -0.2) is 50.8 Å². The van der Waals surface area contributed by atoms with Crippen LogP contribution in [0.2, 0.25) is 0 Å². The molecule has 1 atom stereocenters. The molecule has 0 saturated heterocycles. The van der Waals surface area contributed by atoms with E-state index in [1.165, 1.54) is 7.11 Å². The topological polar surface area (TPSA) is 100 Å². The largest absolute Gasteiger partial charge is 0.493 e. The molecule has 1 aliphatic rings. The molecule has 1 rings (SSSR count). The summed E-state index contributed by atoms with van der Waals surface area (Å²) in [4.78, 5) is 34.9. The Hall–Kier alpha value is -2.25. The number of carbonyl (C=O) groups is 3. The summed E-state index contributed by atoms with van der Waals surface area (Å²) in [6.07, 6.45) is 1.56. The van der Waals surface area contributed by atoms with Gasteiger partial charge in [0.25, 0.3) is 5.91 Å². The van der Waals surface area contributed by atoms with Crippen molar-refractivity contribution in [2.24, 2.45) is 5.92 Å². The zero-order valence-electron chi connectivity index (χ0n) is 12.9. The molecule has 1 heterocycles. The Labute approximate surface area is 128 Å². The Balaban J connectivity index is 2.44. The summed E-state index contributed by atoms with van der Waals surface area (Å²) < 4.78 is 19.3. The van der Waals surface area contributed by atoms with Gasteiger partial charge in [0.05, 0.1) is 7.11 Å². The number of nitrogens with one attached hydrogen (secondary N) is 1. The lowest BCUT2D eigenvalue weighted by molar-refractivity contribution is -0.151. The molecule has 0 aromatic rings. The molecular weight excluding hydrogens is 294 g/mol. The van der Waals surface area contributed by atoms with Crippen LogP contribution in [0.3, 0.4) is 0 Å². The Morgan fingerprint density at radius 2 is 2.05 bits per heavy atom. The molecule has 22 heavy (non-hydrogen) atoms. The highest BCUT2D eigenvalue weighted by Crippen LogP contribution is 2.07. The molecule has 1 amide bonds. The van der Waals surface area contributed by atoms with Gasteiger partial charge >= 0.3 is 11.9 Å². The first-order valence-electron chi connectivity index (χ1n) is 6.93. The van der Waals surface area contributed by atoms with Crippen molar-refractivity contribution in [3.8, 4) is 0 Å². The van der Waals surface area contributed by atoms with E-state index in [4.69, 9.17) is 14.2 Å². The molecule has 124 valence electrons. The zero-order chi connectivity index (χ0) is 16.5. The predicted molar refractivity (Wildman–Crippen MR) is 74.3 cm³/mol. The molecule has 8 nitrogen and oxygen atoms in total. The van der Waals surface area contributed by atoms with Crippen molar-refractivity contribution < 1.29 is 33.3 Å². The number of carbonyl (C=O) groups excluding carboxylic acids is 3. The SMILES string of the molecule is COC(=O)[C@@H](CC(C)C)NC(=O)COC(=O)C1=COCCO1. The lowest BCUT2D eigenvalue weighted by atomic mass is 10.0. The molecular formula is C14H21NO7. The summed E-state index contributed by atoms with van der Waals surface area (Å²) in [5.74, 6) is -1.84. The standard InChI is InChI=1S/C14H21NO7/c1-9(2)6-10(13(17)19-3)15-12(16)8-22-14(18)11-7-20-4-5-21-11/h7,9-10H,4-6,8H2,1-3H3,(H,15,16)/t10-/m1/s1. The highest BCUT2D eigenvalue weighted by molar-refractivity contribution is 5.90. The fourth-order valence-corrected chi connectivity index (χ4v) is 1.74. The lowest BCUT2D eigenvalue weighted by Gasteiger charge is -2.18. The molecule has 0 bridgehead atoms. The van der Waals surface area contributed by atoms with E-state index in [2.05, 4.69) is 10.1 Å². The van der Waals surface area contributed by atoms with Gasteiger partial charge in [0, 0.05) is 0 Å². The Morgan fingerprint density at radius 1 is 1.32 bits per heavy atom. The third kappa shape index (κ3) is 6.02. The predicted octanol–water partition coefficient (Wildman–Crippen LogP) is 0.122. The van der Waals surface area contributed by atoms with Gasteiger partial charge in [-0.15, -0.1) is 0 Å². The first-order valence-corrected chi connectivity index (χ1v) is 6.93. The molecule has 1 N–H and O–H groups in total. The van der Waals surface area contributed by atoms with Crippen LogP contribution in [0.5, 0.6) is 0 Å². The molecule has 0 aromatic heterocycles. The Bertz CT molecular complexity index is 444. The van der Waals surface area contributed by atoms with Gasteiger partial charge in [-0.2, -0.15) is 0 Å². The minimum atomic E-state index is -0.798. The van der Waals surface area contributed by atoms with Crippen LogP contribution in [0.4, 0.5) is 0 Å². The number of rotatable bonds is 7. The second-order valence-electron chi connectivity index (χ2n) is 5.05. The maximum Gasteiger partial charge on any atom is 0.377 e. The van der Waals surface area contributed by atoms with Crippen LogP contribution >= 0.6 is 0 Å². The highest BCUT2D eigenvalue weighted by atomic mass is 16.6. The van der Waals surface area contributed by atoms with Gasteiger partial charge < -0.3 is 24.3 Å². The number of amides is 1. The average Bonchev–Trinajstić information content (AvgIpc) is 2.51. The lowest BCUT2D eigenvalue weighted by Crippen LogP contribution is -2.44. The van der Waals surface area contributed by atoms with E-state index in [0.717, 1.165) is 6.26 Å². The van der Waals surface area contributed by atoms with Crippen LogP contribution in [-0.2, 0) is 33.3 Å². The van der Waals surface area contributed by atoms with Gasteiger partial charge in [-0.1, -0.05) is 13.8 Å². The third-order valence-electron chi connectivity index (χ3n) is 2.71. The molecule has 1 aliphatic heterocycles. The van der Waals surface area contributed by atoms with Crippen molar-refractivity contribution in [3.63, 3.8) is 0 Å². The fraction of sp³-hybridized carbons (Fsp3) is 0.643. The molecule has 0 spiro atoms. The van der Waals surface area contributed by atoms with Crippen molar-refractivity contribution in [2.75, 3.05) is 26.9 Å². The van der Waals surface area contributed by atoms with Crippen molar-refractivity contribution >= 4 is 17.8 Å². The quantitative estimate of drug-likeness (QED) is 0.666. The maximum atomic E-state index is 11.8. The molecule has 0 saturated carbocycles. The van der Waals surface area contributed by atoms with E-state index in [1.807, 2.05) is 13.8 Å². The monoisotopic (exact) mass is 315 g/mol. The second kappa shape index (κ2) is 8.91. The average molecular weight is 315 g/mol. The molecule has 0 fully saturated rings. The first kappa shape index (κ1) is 17.8. The van der Waals surface area contributed by atoms with Crippen molar-refractivity contribution in [3.05, 3.63) is 12.0 Å². The van der Waals surface area contributed by atoms with Crippen LogP contribution in [0.15, 0.2) is 12.0 Å². The van der Waals surface area contributed by atoms with Gasteiger partial charge in [0.2, 0.25) is 5.76 Å². The van der Waals surface area contributed by atoms with E-state index in [0.29, 0.717) is 13.0 Å². The van der Waals surface area contributed by atoms with Crippen LogP contribution in [0.25, 0.3) is 0 Å². The van der Waals surface area contributed by atoms with E-state index < -0.39 is 30.5 Å². The van der Waals surface area contributed by atoms with E-state index in [9.17, 15) is 14.4 Å². The maximum absolute atomic E-state index is 11.8. The van der Waals surface area contributed by atoms with E-state index >= 15 is 0 Å². The van der Waals surface area contributed by atoms with Crippen molar-refractivity contribution in [1.29, 1.82) is 0 Å². The number of hydrogen-bond acceptors (Lipinski definition) is 7. The molecule has 0 unspecified atom stereocenters.